The molecule has 1 fully saturated rings. The number of hydrogen-bond donors (Lipinski definition) is 1. The van der Waals surface area contributed by atoms with Crippen molar-refractivity contribution in [3.63, 3.8) is 0 Å². The van der Waals surface area contributed by atoms with Crippen LogP contribution in [0.25, 0.3) is 10.6 Å². The van der Waals surface area contributed by atoms with Gasteiger partial charge in [-0.15, -0.1) is 11.3 Å². The van der Waals surface area contributed by atoms with Gasteiger partial charge < -0.3 is 19.9 Å². The number of fused-ring (bicyclic) bond motifs is 1. The maximum atomic E-state index is 13.9. The monoisotopic (exact) mass is 581 g/mol. The zero-order valence-corrected chi connectivity index (χ0v) is 23.5. The molecule has 1 aromatic carbocycles. The number of piperazine rings is 1. The molecular weight excluding hydrogens is 551 g/mol. The van der Waals surface area contributed by atoms with Gasteiger partial charge in [0, 0.05) is 48.1 Å². The van der Waals surface area contributed by atoms with Gasteiger partial charge in [0.2, 0.25) is 5.95 Å². The van der Waals surface area contributed by atoms with Crippen molar-refractivity contribution in [3.8, 4) is 10.6 Å². The molecule has 5 rings (SSSR count). The number of likely N-dealkylation sites (N-methyl/N-ethyl adjacent to an activating group) is 1. The average Bonchev–Trinajstić information content (AvgIpc) is 3.26. The number of aryl methyl sites for hydroxylation is 1. The Morgan fingerprint density at radius 2 is 2.03 bits per heavy atom. The van der Waals surface area contributed by atoms with Gasteiger partial charge in [0.1, 0.15) is 5.56 Å². The normalized spacial score (nSPS) is 19.9. The summed E-state index contributed by atoms with van der Waals surface area (Å²) in [7, 11) is -1.56. The van der Waals surface area contributed by atoms with E-state index in [-0.39, 0.29) is 40.4 Å². The number of halogens is 3. The number of nitrogens with zero attached hydrogens (tertiary/aromatic N) is 4. The van der Waals surface area contributed by atoms with Crippen molar-refractivity contribution in [3.05, 3.63) is 46.5 Å². The molecule has 8 nitrogen and oxygen atoms in total. The molecule has 1 saturated heterocycles. The van der Waals surface area contributed by atoms with Crippen LogP contribution in [0.2, 0.25) is 0 Å². The Balaban J connectivity index is 1.50. The number of hydrogen-bond acceptors (Lipinski definition) is 9. The number of benzene rings is 1. The van der Waals surface area contributed by atoms with Crippen LogP contribution in [0, 0.1) is 0 Å². The molecular formula is C26H30F3N5O3S2. The highest BCUT2D eigenvalue weighted by molar-refractivity contribution is 7.91. The van der Waals surface area contributed by atoms with Gasteiger partial charge in [0.15, 0.2) is 9.84 Å². The molecule has 0 amide bonds. The molecule has 39 heavy (non-hydrogen) atoms. The number of rotatable bonds is 5. The maximum Gasteiger partial charge on any atom is 0.420 e. The highest BCUT2D eigenvalue weighted by Crippen LogP contribution is 2.42. The number of ether oxygens (including phenoxy) is 1. The second kappa shape index (κ2) is 10.7. The molecule has 0 spiro atoms. The first-order chi connectivity index (χ1) is 18.5. The fourth-order valence-corrected chi connectivity index (χ4v) is 7.83. The summed E-state index contributed by atoms with van der Waals surface area (Å²) in [6.07, 6.45) is -3.28. The molecule has 3 aromatic rings. The maximum absolute atomic E-state index is 13.9. The van der Waals surface area contributed by atoms with E-state index in [4.69, 9.17) is 4.74 Å². The minimum Gasteiger partial charge on any atom is -0.375 e. The van der Waals surface area contributed by atoms with Crippen molar-refractivity contribution < 1.29 is 26.3 Å². The van der Waals surface area contributed by atoms with Gasteiger partial charge in [0.25, 0.3) is 0 Å². The van der Waals surface area contributed by atoms with Gasteiger partial charge in [-0.3, -0.25) is 0 Å². The quantitative estimate of drug-likeness (QED) is 0.452. The van der Waals surface area contributed by atoms with Gasteiger partial charge >= 0.3 is 6.18 Å². The third-order valence-electron chi connectivity index (χ3n) is 7.04. The highest BCUT2D eigenvalue weighted by atomic mass is 32.2. The fraction of sp³-hybridized carbons (Fsp3) is 0.462. The van der Waals surface area contributed by atoms with Crippen molar-refractivity contribution in [2.45, 2.75) is 44.0 Å². The van der Waals surface area contributed by atoms with Crippen LogP contribution in [0.15, 0.2) is 35.4 Å². The van der Waals surface area contributed by atoms with Crippen LogP contribution >= 0.6 is 11.3 Å². The average molecular weight is 582 g/mol. The van der Waals surface area contributed by atoms with Gasteiger partial charge in [0.05, 0.1) is 34.4 Å². The van der Waals surface area contributed by atoms with Crippen LogP contribution in [0.4, 0.5) is 30.5 Å². The van der Waals surface area contributed by atoms with Crippen LogP contribution in [-0.4, -0.2) is 68.4 Å². The molecule has 0 bridgehead atoms. The van der Waals surface area contributed by atoms with E-state index in [1.165, 1.54) is 6.07 Å². The SMILES string of the molecule is CCc1cc(N2CCN(C)C[C@@H]2C)ccc1Nc1ncc(C(F)(F)F)c(-c2cc3c(s2)COCCS3(=O)=O)n1. The topological polar surface area (TPSA) is 87.7 Å². The summed E-state index contributed by atoms with van der Waals surface area (Å²) in [5.74, 6) is -0.224. The van der Waals surface area contributed by atoms with Crippen molar-refractivity contribution in [2.75, 3.05) is 49.3 Å². The first-order valence-corrected chi connectivity index (χ1v) is 15.2. The molecule has 4 heterocycles. The van der Waals surface area contributed by atoms with Crippen LogP contribution in [0.5, 0.6) is 0 Å². The third kappa shape index (κ3) is 5.76. The van der Waals surface area contributed by atoms with Crippen molar-refractivity contribution >= 4 is 38.5 Å². The molecule has 0 unspecified atom stereocenters. The van der Waals surface area contributed by atoms with E-state index in [0.29, 0.717) is 23.0 Å². The summed E-state index contributed by atoms with van der Waals surface area (Å²) in [4.78, 5) is 13.3. The van der Waals surface area contributed by atoms with Crippen molar-refractivity contribution in [1.29, 1.82) is 0 Å². The summed E-state index contributed by atoms with van der Waals surface area (Å²) < 4.78 is 72.4. The van der Waals surface area contributed by atoms with E-state index < -0.39 is 21.6 Å². The molecule has 210 valence electrons. The van der Waals surface area contributed by atoms with E-state index in [9.17, 15) is 21.6 Å². The minimum absolute atomic E-state index is 0.00300. The Morgan fingerprint density at radius 1 is 1.23 bits per heavy atom. The molecule has 2 aliphatic rings. The number of alkyl halides is 3. The minimum atomic E-state index is -4.72. The van der Waals surface area contributed by atoms with E-state index in [1.807, 2.05) is 19.1 Å². The molecule has 0 radical (unpaired) electrons. The first-order valence-electron chi connectivity index (χ1n) is 12.7. The van der Waals surface area contributed by atoms with Gasteiger partial charge in [-0.05, 0) is 50.2 Å². The number of aromatic nitrogens is 2. The van der Waals surface area contributed by atoms with Crippen LogP contribution < -0.4 is 10.2 Å². The summed E-state index contributed by atoms with van der Waals surface area (Å²) in [6.45, 7) is 7.10. The number of anilines is 3. The summed E-state index contributed by atoms with van der Waals surface area (Å²) >= 11 is 0.944. The lowest BCUT2D eigenvalue weighted by Crippen LogP contribution is -2.50. The Kier molecular flexibility index (Phi) is 7.61. The fourth-order valence-electron chi connectivity index (χ4n) is 4.99. The molecule has 0 saturated carbocycles. The molecule has 1 atom stereocenters. The number of thiophene rings is 1. The standard InChI is InChI=1S/C26H30F3N5O3S2/c1-4-17-11-18(34-8-7-33(3)14-16(34)2)5-6-20(17)31-25-30-13-19(26(27,28)29)24(32-25)21-12-23-22(38-21)15-37-9-10-39(23,35)36/h5-6,11-13,16H,4,7-10,14-15H2,1-3H3,(H,30,31,32)/t16-/m0/s1. The van der Waals surface area contributed by atoms with Gasteiger partial charge in [-0.2, -0.15) is 13.2 Å². The second-order valence-corrected chi connectivity index (χ2v) is 13.1. The number of sulfone groups is 1. The van der Waals surface area contributed by atoms with Crippen LogP contribution in [0.1, 0.15) is 29.9 Å². The summed E-state index contributed by atoms with van der Waals surface area (Å²) in [5.41, 5.74) is 1.38. The molecule has 13 heteroatoms. The van der Waals surface area contributed by atoms with E-state index >= 15 is 0 Å². The van der Waals surface area contributed by atoms with E-state index in [2.05, 4.69) is 45.1 Å². The Bertz CT molecular complexity index is 1480. The smallest absolute Gasteiger partial charge is 0.375 e. The lowest BCUT2D eigenvalue weighted by molar-refractivity contribution is -0.137. The lowest BCUT2D eigenvalue weighted by Gasteiger charge is -2.40. The Labute approximate surface area is 229 Å². The molecule has 2 aliphatic heterocycles. The van der Waals surface area contributed by atoms with E-state index in [0.717, 1.165) is 48.4 Å². The summed E-state index contributed by atoms with van der Waals surface area (Å²) in [5, 5.41) is 3.09. The number of nitrogens with one attached hydrogen (secondary N) is 1. The van der Waals surface area contributed by atoms with E-state index in [1.54, 1.807) is 0 Å². The molecule has 2 aromatic heterocycles. The largest absolute Gasteiger partial charge is 0.420 e. The summed E-state index contributed by atoms with van der Waals surface area (Å²) in [6, 6.07) is 7.61. The molecule has 0 aliphatic carbocycles. The first kappa shape index (κ1) is 27.8. The molecule has 1 N–H and O–H groups in total. The highest BCUT2D eigenvalue weighted by Gasteiger charge is 2.37. The second-order valence-electron chi connectivity index (χ2n) is 9.85. The van der Waals surface area contributed by atoms with Crippen molar-refractivity contribution in [1.82, 2.24) is 14.9 Å². The Hall–Kier alpha value is -2.74. The van der Waals surface area contributed by atoms with Gasteiger partial charge in [-0.25, -0.2) is 18.4 Å². The lowest BCUT2D eigenvalue weighted by atomic mass is 10.1. The Morgan fingerprint density at radius 3 is 2.74 bits per heavy atom. The van der Waals surface area contributed by atoms with Gasteiger partial charge in [-0.1, -0.05) is 6.92 Å². The predicted molar refractivity (Wildman–Crippen MR) is 145 cm³/mol. The zero-order valence-electron chi connectivity index (χ0n) is 21.9. The zero-order chi connectivity index (χ0) is 27.9. The van der Waals surface area contributed by atoms with Crippen LogP contribution in [0.3, 0.4) is 0 Å². The predicted octanol–water partition coefficient (Wildman–Crippen LogP) is 4.97. The van der Waals surface area contributed by atoms with Crippen LogP contribution in [-0.2, 0) is 33.8 Å². The van der Waals surface area contributed by atoms with Crippen molar-refractivity contribution in [2.24, 2.45) is 0 Å². The third-order valence-corrected chi connectivity index (χ3v) is 10.0.